The minimum absolute atomic E-state index is 0.0604. The molecule has 0 radical (unpaired) electrons. The van der Waals surface area contributed by atoms with Crippen LogP contribution in [0.5, 0.6) is 0 Å². The lowest BCUT2D eigenvalue weighted by Gasteiger charge is -2.19. The maximum absolute atomic E-state index is 11.2. The van der Waals surface area contributed by atoms with Crippen LogP contribution in [0.2, 0.25) is 0 Å². The molecule has 1 heterocycles. The topological polar surface area (TPSA) is 67.2 Å². The van der Waals surface area contributed by atoms with Gasteiger partial charge in [0.1, 0.15) is 5.76 Å². The minimum atomic E-state index is -0.0604. The molecule has 0 aliphatic heterocycles. The zero-order chi connectivity index (χ0) is 17.0. The van der Waals surface area contributed by atoms with E-state index in [-0.39, 0.29) is 11.9 Å². The van der Waals surface area contributed by atoms with Gasteiger partial charge in [-0.25, -0.2) is 0 Å². The Morgan fingerprint density at radius 1 is 1.30 bits per heavy atom. The lowest BCUT2D eigenvalue weighted by molar-refractivity contribution is -0.114. The molecule has 0 saturated carbocycles. The molecule has 5 nitrogen and oxygen atoms in total. The van der Waals surface area contributed by atoms with Gasteiger partial charge in [-0.1, -0.05) is 24.2 Å². The van der Waals surface area contributed by atoms with Crippen LogP contribution in [0.15, 0.2) is 28.8 Å². The van der Waals surface area contributed by atoms with Crippen molar-refractivity contribution in [3.8, 4) is 0 Å². The van der Waals surface area contributed by atoms with E-state index in [9.17, 15) is 4.79 Å². The van der Waals surface area contributed by atoms with Gasteiger partial charge in [-0.2, -0.15) is 0 Å². The highest BCUT2D eigenvalue weighted by molar-refractivity contribution is 5.88. The summed E-state index contributed by atoms with van der Waals surface area (Å²) in [6.45, 7) is 10.6. The summed E-state index contributed by atoms with van der Waals surface area (Å²) in [7, 11) is 0. The average Bonchev–Trinajstić information content (AvgIpc) is 2.83. The summed E-state index contributed by atoms with van der Waals surface area (Å²) in [6.07, 6.45) is 0. The van der Waals surface area contributed by atoms with Crippen molar-refractivity contribution in [1.29, 1.82) is 0 Å². The first-order valence-corrected chi connectivity index (χ1v) is 7.92. The summed E-state index contributed by atoms with van der Waals surface area (Å²) in [4.78, 5) is 11.2. The molecule has 0 aliphatic rings. The monoisotopic (exact) mass is 315 g/mol. The molecule has 0 aliphatic carbocycles. The Bertz CT molecular complexity index is 659. The number of amides is 1. The Hall–Kier alpha value is -2.14. The number of hydrogen-bond acceptors (Lipinski definition) is 4. The first-order valence-electron chi connectivity index (χ1n) is 7.92. The molecule has 0 spiro atoms. The fraction of sp³-hybridized carbons (Fsp3) is 0.444. The highest BCUT2D eigenvalue weighted by Gasteiger charge is 2.17. The SMILES string of the molecule is CC(=O)Nc1cccc(C(C)NCC(C)c2c(C)noc2C)c1. The van der Waals surface area contributed by atoms with Gasteiger partial charge in [0, 0.05) is 30.8 Å². The van der Waals surface area contributed by atoms with Gasteiger partial charge in [0.05, 0.1) is 5.69 Å². The summed E-state index contributed by atoms with van der Waals surface area (Å²) in [5.41, 5.74) is 4.10. The molecule has 124 valence electrons. The number of carbonyl (C=O) groups is 1. The third-order valence-corrected chi connectivity index (χ3v) is 4.02. The van der Waals surface area contributed by atoms with E-state index in [1.807, 2.05) is 32.0 Å². The molecule has 5 heteroatoms. The number of benzene rings is 1. The molecular formula is C18H25N3O2. The lowest BCUT2D eigenvalue weighted by Crippen LogP contribution is -2.24. The number of anilines is 1. The molecule has 2 unspecified atom stereocenters. The second-order valence-corrected chi connectivity index (χ2v) is 6.08. The zero-order valence-electron chi connectivity index (χ0n) is 14.4. The van der Waals surface area contributed by atoms with Gasteiger partial charge in [0.15, 0.2) is 0 Å². The molecule has 1 aromatic heterocycles. The van der Waals surface area contributed by atoms with Crippen LogP contribution in [-0.4, -0.2) is 17.6 Å². The van der Waals surface area contributed by atoms with E-state index in [4.69, 9.17) is 4.52 Å². The Morgan fingerprint density at radius 3 is 2.65 bits per heavy atom. The van der Waals surface area contributed by atoms with Gasteiger partial charge >= 0.3 is 0 Å². The van der Waals surface area contributed by atoms with Crippen molar-refractivity contribution in [2.45, 2.75) is 46.6 Å². The van der Waals surface area contributed by atoms with Crippen LogP contribution in [0.4, 0.5) is 5.69 Å². The number of aromatic nitrogens is 1. The molecule has 2 aromatic rings. The van der Waals surface area contributed by atoms with E-state index in [0.717, 1.165) is 29.2 Å². The summed E-state index contributed by atoms with van der Waals surface area (Å²) < 4.78 is 5.24. The highest BCUT2D eigenvalue weighted by atomic mass is 16.5. The van der Waals surface area contributed by atoms with E-state index in [1.165, 1.54) is 12.5 Å². The van der Waals surface area contributed by atoms with E-state index < -0.39 is 0 Å². The van der Waals surface area contributed by atoms with Gasteiger partial charge in [-0.05, 0) is 44.4 Å². The normalized spacial score (nSPS) is 13.6. The third kappa shape index (κ3) is 4.42. The summed E-state index contributed by atoms with van der Waals surface area (Å²) in [5, 5.41) is 10.4. The Morgan fingerprint density at radius 2 is 2.04 bits per heavy atom. The molecule has 0 saturated heterocycles. The zero-order valence-corrected chi connectivity index (χ0v) is 14.4. The summed E-state index contributed by atoms with van der Waals surface area (Å²) in [6, 6.07) is 8.09. The molecule has 2 atom stereocenters. The smallest absolute Gasteiger partial charge is 0.221 e. The Labute approximate surface area is 137 Å². The maximum Gasteiger partial charge on any atom is 0.221 e. The third-order valence-electron chi connectivity index (χ3n) is 4.02. The quantitative estimate of drug-likeness (QED) is 0.853. The van der Waals surface area contributed by atoms with Crippen LogP contribution in [0.1, 0.15) is 55.3 Å². The molecular weight excluding hydrogens is 290 g/mol. The van der Waals surface area contributed by atoms with Crippen molar-refractivity contribution in [3.05, 3.63) is 46.8 Å². The summed E-state index contributed by atoms with van der Waals surface area (Å²) >= 11 is 0. The second kappa shape index (κ2) is 7.42. The first kappa shape index (κ1) is 17.2. The molecule has 0 fully saturated rings. The molecule has 2 N–H and O–H groups in total. The van der Waals surface area contributed by atoms with Crippen LogP contribution in [-0.2, 0) is 4.79 Å². The number of rotatable bonds is 6. The van der Waals surface area contributed by atoms with E-state index in [1.54, 1.807) is 0 Å². The number of aryl methyl sites for hydroxylation is 2. The minimum Gasteiger partial charge on any atom is -0.361 e. The largest absolute Gasteiger partial charge is 0.361 e. The van der Waals surface area contributed by atoms with Gasteiger partial charge in [0.25, 0.3) is 0 Å². The van der Waals surface area contributed by atoms with Crippen molar-refractivity contribution >= 4 is 11.6 Å². The van der Waals surface area contributed by atoms with Crippen LogP contribution < -0.4 is 10.6 Å². The predicted molar refractivity (Wildman–Crippen MR) is 91.6 cm³/mol. The van der Waals surface area contributed by atoms with Crippen molar-refractivity contribution < 1.29 is 9.32 Å². The van der Waals surface area contributed by atoms with Crippen LogP contribution in [0, 0.1) is 13.8 Å². The van der Waals surface area contributed by atoms with Crippen LogP contribution >= 0.6 is 0 Å². The van der Waals surface area contributed by atoms with Crippen molar-refractivity contribution in [1.82, 2.24) is 10.5 Å². The van der Waals surface area contributed by atoms with Crippen molar-refractivity contribution in [3.63, 3.8) is 0 Å². The standard InChI is InChI=1S/C18H25N3O2/c1-11(18-13(3)21-23-14(18)4)10-19-12(2)16-7-6-8-17(9-16)20-15(5)22/h6-9,11-12,19H,10H2,1-5H3,(H,20,22). The van der Waals surface area contributed by atoms with Gasteiger partial charge < -0.3 is 15.2 Å². The van der Waals surface area contributed by atoms with Gasteiger partial charge in [-0.3, -0.25) is 4.79 Å². The predicted octanol–water partition coefficient (Wildman–Crippen LogP) is 3.70. The maximum atomic E-state index is 11.2. The van der Waals surface area contributed by atoms with Crippen molar-refractivity contribution in [2.24, 2.45) is 0 Å². The van der Waals surface area contributed by atoms with Gasteiger partial charge in [0.2, 0.25) is 5.91 Å². The first-order chi connectivity index (χ1) is 10.9. The molecule has 2 rings (SSSR count). The average molecular weight is 315 g/mol. The van der Waals surface area contributed by atoms with E-state index in [2.05, 4.69) is 35.7 Å². The molecule has 23 heavy (non-hydrogen) atoms. The van der Waals surface area contributed by atoms with E-state index >= 15 is 0 Å². The van der Waals surface area contributed by atoms with Crippen LogP contribution in [0.25, 0.3) is 0 Å². The van der Waals surface area contributed by atoms with Crippen LogP contribution in [0.3, 0.4) is 0 Å². The second-order valence-electron chi connectivity index (χ2n) is 6.08. The summed E-state index contributed by atoms with van der Waals surface area (Å²) in [5.74, 6) is 1.15. The van der Waals surface area contributed by atoms with E-state index in [0.29, 0.717) is 5.92 Å². The molecule has 1 aromatic carbocycles. The highest BCUT2D eigenvalue weighted by Crippen LogP contribution is 2.24. The number of carbonyl (C=O) groups excluding carboxylic acids is 1. The number of nitrogens with zero attached hydrogens (tertiary/aromatic N) is 1. The Kier molecular flexibility index (Phi) is 5.55. The fourth-order valence-corrected chi connectivity index (χ4v) is 2.86. The number of nitrogens with one attached hydrogen (secondary N) is 2. The number of hydrogen-bond donors (Lipinski definition) is 2. The molecule has 1 amide bonds. The lowest BCUT2D eigenvalue weighted by atomic mass is 9.98. The molecule has 0 bridgehead atoms. The Balaban J connectivity index is 1.99. The van der Waals surface area contributed by atoms with Gasteiger partial charge in [-0.15, -0.1) is 0 Å². The fourth-order valence-electron chi connectivity index (χ4n) is 2.86. The van der Waals surface area contributed by atoms with Crippen molar-refractivity contribution in [2.75, 3.05) is 11.9 Å².